The van der Waals surface area contributed by atoms with E-state index in [2.05, 4.69) is 19.9 Å². The molecule has 0 bridgehead atoms. The first kappa shape index (κ1) is 18.9. The number of nitrogens with zero attached hydrogens (tertiary/aromatic N) is 4. The van der Waals surface area contributed by atoms with Gasteiger partial charge in [0.25, 0.3) is 0 Å². The fraction of sp³-hybridized carbons (Fsp3) is 0.350. The molecule has 30 heavy (non-hydrogen) atoms. The number of anilines is 1. The summed E-state index contributed by atoms with van der Waals surface area (Å²) in [5, 5.41) is 32.3. The minimum Gasteiger partial charge on any atom is -0.394 e. The van der Waals surface area contributed by atoms with Gasteiger partial charge < -0.3 is 30.8 Å². The number of aromatic nitrogens is 5. The van der Waals surface area contributed by atoms with E-state index < -0.39 is 30.6 Å². The number of hydrogen-bond donors (Lipinski definition) is 5. The van der Waals surface area contributed by atoms with Gasteiger partial charge in [0, 0.05) is 23.5 Å². The predicted octanol–water partition coefficient (Wildman–Crippen LogP) is 0.288. The van der Waals surface area contributed by atoms with Crippen molar-refractivity contribution in [3.05, 3.63) is 48.7 Å². The van der Waals surface area contributed by atoms with E-state index >= 15 is 0 Å². The fourth-order valence-corrected chi connectivity index (χ4v) is 4.33. The summed E-state index contributed by atoms with van der Waals surface area (Å²) < 4.78 is 7.67. The van der Waals surface area contributed by atoms with E-state index in [0.717, 1.165) is 16.5 Å². The van der Waals surface area contributed by atoms with Crippen molar-refractivity contribution in [1.29, 1.82) is 0 Å². The van der Waals surface area contributed by atoms with Crippen LogP contribution in [0.15, 0.2) is 43.1 Å². The summed E-state index contributed by atoms with van der Waals surface area (Å²) in [6.45, 7) is -0.434. The first-order valence-corrected chi connectivity index (χ1v) is 9.69. The van der Waals surface area contributed by atoms with Crippen LogP contribution < -0.4 is 5.73 Å². The van der Waals surface area contributed by atoms with Crippen molar-refractivity contribution in [3.63, 3.8) is 0 Å². The SMILES string of the molecule is Nc1ncnc2c1ncn2[C@]1(CCc2c[nH]c3ccccc23)O[C@H](CO)[C@@H](O)[C@H]1O. The van der Waals surface area contributed by atoms with Crippen LogP contribution in [0, 0.1) is 0 Å². The van der Waals surface area contributed by atoms with E-state index in [-0.39, 0.29) is 5.82 Å². The third-order valence-corrected chi connectivity index (χ3v) is 5.90. The summed E-state index contributed by atoms with van der Waals surface area (Å²) in [6.07, 6.45) is 2.02. The van der Waals surface area contributed by atoms with Gasteiger partial charge in [-0.15, -0.1) is 0 Å². The largest absolute Gasteiger partial charge is 0.394 e. The summed E-state index contributed by atoms with van der Waals surface area (Å²) >= 11 is 0. The van der Waals surface area contributed by atoms with Crippen molar-refractivity contribution in [2.45, 2.75) is 36.9 Å². The smallest absolute Gasteiger partial charge is 0.176 e. The van der Waals surface area contributed by atoms with E-state index in [9.17, 15) is 15.3 Å². The van der Waals surface area contributed by atoms with Crippen LogP contribution in [-0.4, -0.2) is 64.7 Å². The van der Waals surface area contributed by atoms with Crippen LogP contribution in [-0.2, 0) is 16.9 Å². The number of ether oxygens (including phenoxy) is 1. The normalized spacial score (nSPS) is 26.7. The molecule has 6 N–H and O–H groups in total. The van der Waals surface area contributed by atoms with Gasteiger partial charge in [0.05, 0.1) is 12.9 Å². The molecule has 156 valence electrons. The molecule has 10 nitrogen and oxygen atoms in total. The minimum absolute atomic E-state index is 0.206. The molecule has 1 saturated heterocycles. The van der Waals surface area contributed by atoms with E-state index in [1.807, 2.05) is 30.5 Å². The second-order valence-electron chi connectivity index (χ2n) is 7.52. The Kier molecular flexibility index (Phi) is 4.44. The highest BCUT2D eigenvalue weighted by atomic mass is 16.6. The summed E-state index contributed by atoms with van der Waals surface area (Å²) in [5.41, 5.74) is 7.34. The maximum Gasteiger partial charge on any atom is 0.176 e. The molecule has 0 amide bonds. The topological polar surface area (TPSA) is 155 Å². The zero-order valence-corrected chi connectivity index (χ0v) is 16.0. The number of benzene rings is 1. The highest BCUT2D eigenvalue weighted by Gasteiger charge is 2.55. The lowest BCUT2D eigenvalue weighted by Crippen LogP contribution is -2.46. The number of para-hydroxylation sites is 1. The number of nitrogens with one attached hydrogen (secondary N) is 1. The molecular formula is C20H22N6O4. The van der Waals surface area contributed by atoms with Gasteiger partial charge in [-0.2, -0.15) is 0 Å². The number of nitrogens with two attached hydrogens (primary N) is 1. The van der Waals surface area contributed by atoms with Crippen molar-refractivity contribution >= 4 is 27.9 Å². The van der Waals surface area contributed by atoms with Crippen LogP contribution in [0.5, 0.6) is 0 Å². The molecule has 4 aromatic rings. The van der Waals surface area contributed by atoms with E-state index in [1.54, 1.807) is 4.57 Å². The van der Waals surface area contributed by atoms with Gasteiger partial charge in [0.1, 0.15) is 30.2 Å². The lowest BCUT2D eigenvalue weighted by Gasteiger charge is -2.34. The maximum atomic E-state index is 11.0. The summed E-state index contributed by atoms with van der Waals surface area (Å²) in [4.78, 5) is 15.7. The van der Waals surface area contributed by atoms with Crippen LogP contribution in [0.3, 0.4) is 0 Å². The van der Waals surface area contributed by atoms with Gasteiger partial charge in [-0.05, 0) is 18.1 Å². The number of H-pyrrole nitrogens is 1. The Morgan fingerprint density at radius 1 is 1.20 bits per heavy atom. The number of rotatable bonds is 5. The Balaban J connectivity index is 1.59. The number of hydrogen-bond acceptors (Lipinski definition) is 8. The fourth-order valence-electron chi connectivity index (χ4n) is 4.33. The van der Waals surface area contributed by atoms with Crippen LogP contribution in [0.4, 0.5) is 5.82 Å². The van der Waals surface area contributed by atoms with Gasteiger partial charge in [0.2, 0.25) is 0 Å². The van der Waals surface area contributed by atoms with Crippen molar-refractivity contribution < 1.29 is 20.1 Å². The quantitative estimate of drug-likeness (QED) is 0.314. The minimum atomic E-state index is -1.39. The summed E-state index contributed by atoms with van der Waals surface area (Å²) in [7, 11) is 0. The van der Waals surface area contributed by atoms with Crippen molar-refractivity contribution in [2.75, 3.05) is 12.3 Å². The molecule has 1 aromatic carbocycles. The Hall–Kier alpha value is -3.05. The zero-order chi connectivity index (χ0) is 20.9. The van der Waals surface area contributed by atoms with Gasteiger partial charge >= 0.3 is 0 Å². The molecule has 1 aliphatic rings. The number of aliphatic hydroxyl groups excluding tert-OH is 3. The second kappa shape index (κ2) is 7.03. The molecule has 1 fully saturated rings. The van der Waals surface area contributed by atoms with E-state index in [0.29, 0.717) is 24.0 Å². The molecule has 4 atom stereocenters. The number of aliphatic hydroxyl groups is 3. The average Bonchev–Trinajstić information content (AvgIpc) is 3.44. The van der Waals surface area contributed by atoms with Crippen molar-refractivity contribution in [3.8, 4) is 0 Å². The highest BCUT2D eigenvalue weighted by Crippen LogP contribution is 2.41. The number of nitrogen functional groups attached to an aromatic ring is 1. The molecule has 1 aliphatic heterocycles. The molecule has 10 heteroatoms. The second-order valence-corrected chi connectivity index (χ2v) is 7.52. The lowest BCUT2D eigenvalue weighted by molar-refractivity contribution is -0.150. The van der Waals surface area contributed by atoms with Crippen LogP contribution in [0.25, 0.3) is 22.1 Å². The number of aromatic amines is 1. The maximum absolute atomic E-state index is 11.0. The molecule has 5 rings (SSSR count). The molecule has 3 aromatic heterocycles. The molecule has 4 heterocycles. The third kappa shape index (κ3) is 2.69. The predicted molar refractivity (Wildman–Crippen MR) is 108 cm³/mol. The lowest BCUT2D eigenvalue weighted by atomic mass is 9.95. The van der Waals surface area contributed by atoms with Crippen LogP contribution in [0.2, 0.25) is 0 Å². The van der Waals surface area contributed by atoms with Gasteiger partial charge in [-0.3, -0.25) is 4.57 Å². The molecule has 0 spiro atoms. The van der Waals surface area contributed by atoms with E-state index in [1.165, 1.54) is 12.7 Å². The number of fused-ring (bicyclic) bond motifs is 2. The average molecular weight is 410 g/mol. The standard InChI is InChI=1S/C20H22N6O4/c21-18-15-19(24-9-23-18)26(10-25-15)20(17(29)16(28)14(8-27)30-20)6-5-11-7-22-13-4-2-1-3-12(11)13/h1-4,7,9-10,14,16-17,22,27-29H,5-6,8H2,(H2,21,23,24)/t14-,16-,17-,20-/m1/s1. The first-order valence-electron chi connectivity index (χ1n) is 9.69. The molecule has 0 saturated carbocycles. The zero-order valence-electron chi connectivity index (χ0n) is 16.0. The van der Waals surface area contributed by atoms with Crippen molar-refractivity contribution in [1.82, 2.24) is 24.5 Å². The monoisotopic (exact) mass is 410 g/mol. The number of imidazole rings is 1. The van der Waals surface area contributed by atoms with Gasteiger partial charge in [-0.25, -0.2) is 15.0 Å². The Morgan fingerprint density at radius 2 is 2.03 bits per heavy atom. The number of aryl methyl sites for hydroxylation is 1. The molecular weight excluding hydrogens is 388 g/mol. The van der Waals surface area contributed by atoms with Crippen LogP contribution in [0.1, 0.15) is 12.0 Å². The Bertz CT molecular complexity index is 1210. The first-order chi connectivity index (χ1) is 14.5. The van der Waals surface area contributed by atoms with Crippen LogP contribution >= 0.6 is 0 Å². The Morgan fingerprint density at radius 3 is 2.83 bits per heavy atom. The summed E-state index contributed by atoms with van der Waals surface area (Å²) in [6, 6.07) is 7.93. The third-order valence-electron chi connectivity index (χ3n) is 5.90. The van der Waals surface area contributed by atoms with Crippen molar-refractivity contribution in [2.24, 2.45) is 0 Å². The van der Waals surface area contributed by atoms with E-state index in [4.69, 9.17) is 10.5 Å². The summed E-state index contributed by atoms with van der Waals surface area (Å²) in [5.74, 6) is 0.206. The Labute approximate surface area is 171 Å². The van der Waals surface area contributed by atoms with Gasteiger partial charge in [0.15, 0.2) is 17.2 Å². The molecule has 0 aliphatic carbocycles. The molecule has 0 radical (unpaired) electrons. The molecule has 0 unspecified atom stereocenters. The highest BCUT2D eigenvalue weighted by molar-refractivity contribution is 5.83. The van der Waals surface area contributed by atoms with Gasteiger partial charge in [-0.1, -0.05) is 18.2 Å².